The number of hydrogen-bond acceptors (Lipinski definition) is 5. The maximum absolute atomic E-state index is 12.0. The van der Waals surface area contributed by atoms with E-state index in [2.05, 4.69) is 15.4 Å². The summed E-state index contributed by atoms with van der Waals surface area (Å²) in [5, 5.41) is 14.6. The maximum Gasteiger partial charge on any atom is 0.326 e. The van der Waals surface area contributed by atoms with Gasteiger partial charge in [0, 0.05) is 12.5 Å². The van der Waals surface area contributed by atoms with Gasteiger partial charge in [0.05, 0.1) is 13.0 Å². The van der Waals surface area contributed by atoms with E-state index in [-0.39, 0.29) is 30.7 Å². The first-order chi connectivity index (χ1) is 8.95. The third-order valence-corrected chi connectivity index (χ3v) is 3.34. The van der Waals surface area contributed by atoms with Gasteiger partial charge in [-0.15, -0.1) is 0 Å². The first kappa shape index (κ1) is 15.4. The second kappa shape index (κ2) is 7.08. The summed E-state index contributed by atoms with van der Waals surface area (Å²) in [4.78, 5) is 34.0. The molecule has 108 valence electrons. The highest BCUT2D eigenvalue weighted by atomic mass is 16.5. The van der Waals surface area contributed by atoms with Crippen LogP contribution >= 0.6 is 0 Å². The maximum atomic E-state index is 12.0. The van der Waals surface area contributed by atoms with Crippen LogP contribution in [0.25, 0.3) is 0 Å². The molecule has 0 radical (unpaired) electrons. The lowest BCUT2D eigenvalue weighted by atomic mass is 10.0. The predicted octanol–water partition coefficient (Wildman–Crippen LogP) is -0.493. The molecule has 7 nitrogen and oxygen atoms in total. The van der Waals surface area contributed by atoms with E-state index in [1.54, 1.807) is 0 Å². The van der Waals surface area contributed by atoms with Crippen LogP contribution in [0.2, 0.25) is 0 Å². The van der Waals surface area contributed by atoms with Crippen molar-refractivity contribution in [1.29, 1.82) is 0 Å². The summed E-state index contributed by atoms with van der Waals surface area (Å²) in [6, 6.07) is -1.02. The molecule has 0 spiro atoms. The Hall–Kier alpha value is -1.63. The molecule has 1 saturated heterocycles. The van der Waals surface area contributed by atoms with Gasteiger partial charge < -0.3 is 20.5 Å². The number of carboxylic acids is 1. The SMILES string of the molecule is COC(=O)CC[C@@H](NC(=O)C1CCNC1C)C(=O)O. The minimum absolute atomic E-state index is 0.0300. The molecule has 0 bridgehead atoms. The van der Waals surface area contributed by atoms with Crippen LogP contribution in [0.3, 0.4) is 0 Å². The van der Waals surface area contributed by atoms with Crippen molar-refractivity contribution in [3.8, 4) is 0 Å². The number of rotatable bonds is 6. The minimum Gasteiger partial charge on any atom is -0.480 e. The number of esters is 1. The Bertz CT molecular complexity index is 358. The van der Waals surface area contributed by atoms with Gasteiger partial charge in [0.25, 0.3) is 0 Å². The molecular weight excluding hydrogens is 252 g/mol. The van der Waals surface area contributed by atoms with Crippen LogP contribution in [0.5, 0.6) is 0 Å². The third kappa shape index (κ3) is 4.51. The van der Waals surface area contributed by atoms with Gasteiger partial charge in [-0.2, -0.15) is 0 Å². The van der Waals surface area contributed by atoms with E-state index in [1.165, 1.54) is 7.11 Å². The van der Waals surface area contributed by atoms with Gasteiger partial charge in [-0.1, -0.05) is 0 Å². The third-order valence-electron chi connectivity index (χ3n) is 3.34. The summed E-state index contributed by atoms with van der Waals surface area (Å²) in [7, 11) is 1.24. The summed E-state index contributed by atoms with van der Waals surface area (Å²) in [6.45, 7) is 2.64. The Morgan fingerprint density at radius 2 is 2.16 bits per heavy atom. The molecule has 0 aliphatic carbocycles. The number of carboxylic acid groups (broad SMARTS) is 1. The zero-order chi connectivity index (χ0) is 14.4. The smallest absolute Gasteiger partial charge is 0.326 e. The van der Waals surface area contributed by atoms with Crippen molar-refractivity contribution < 1.29 is 24.2 Å². The quantitative estimate of drug-likeness (QED) is 0.563. The molecule has 1 aliphatic heterocycles. The van der Waals surface area contributed by atoms with E-state index < -0.39 is 18.0 Å². The van der Waals surface area contributed by atoms with Gasteiger partial charge in [-0.25, -0.2) is 4.79 Å². The molecule has 0 saturated carbocycles. The van der Waals surface area contributed by atoms with E-state index in [0.717, 1.165) is 6.54 Å². The Labute approximate surface area is 111 Å². The Morgan fingerprint density at radius 3 is 2.63 bits per heavy atom. The molecule has 1 heterocycles. The standard InChI is InChI=1S/C12H20N2O5/c1-7-8(5-6-13-7)11(16)14-9(12(17)18)3-4-10(15)19-2/h7-9,13H,3-6H2,1-2H3,(H,14,16)(H,17,18)/t7?,8?,9-/m1/s1. The first-order valence-electron chi connectivity index (χ1n) is 6.29. The van der Waals surface area contributed by atoms with Crippen LogP contribution in [-0.4, -0.2) is 48.7 Å². The van der Waals surface area contributed by atoms with E-state index in [9.17, 15) is 14.4 Å². The van der Waals surface area contributed by atoms with Crippen molar-refractivity contribution in [3.05, 3.63) is 0 Å². The molecule has 1 amide bonds. The molecule has 1 aliphatic rings. The average Bonchev–Trinajstić information content (AvgIpc) is 2.79. The van der Waals surface area contributed by atoms with Gasteiger partial charge in [0.2, 0.25) is 5.91 Å². The fraction of sp³-hybridized carbons (Fsp3) is 0.750. The summed E-state index contributed by atoms with van der Waals surface area (Å²) in [5.74, 6) is -2.14. The van der Waals surface area contributed by atoms with E-state index in [1.807, 2.05) is 6.92 Å². The van der Waals surface area contributed by atoms with Crippen molar-refractivity contribution in [2.24, 2.45) is 5.92 Å². The Morgan fingerprint density at radius 1 is 1.47 bits per heavy atom. The normalized spacial score (nSPS) is 23.7. The Balaban J connectivity index is 2.51. The van der Waals surface area contributed by atoms with Gasteiger partial charge >= 0.3 is 11.9 Å². The van der Waals surface area contributed by atoms with Gasteiger partial charge in [-0.05, 0) is 26.3 Å². The number of nitrogens with one attached hydrogen (secondary N) is 2. The molecule has 19 heavy (non-hydrogen) atoms. The molecule has 0 aromatic carbocycles. The molecule has 3 N–H and O–H groups in total. The largest absolute Gasteiger partial charge is 0.480 e. The number of carbonyl (C=O) groups excluding carboxylic acids is 2. The minimum atomic E-state index is -1.14. The lowest BCUT2D eigenvalue weighted by Gasteiger charge is -2.19. The second-order valence-electron chi connectivity index (χ2n) is 4.65. The number of hydrogen-bond donors (Lipinski definition) is 3. The lowest BCUT2D eigenvalue weighted by molar-refractivity contribution is -0.144. The number of amides is 1. The number of methoxy groups -OCH3 is 1. The van der Waals surface area contributed by atoms with Gasteiger partial charge in [0.15, 0.2) is 0 Å². The van der Waals surface area contributed by atoms with Crippen molar-refractivity contribution in [2.45, 2.75) is 38.3 Å². The summed E-state index contributed by atoms with van der Waals surface area (Å²) < 4.78 is 4.45. The molecule has 3 atom stereocenters. The van der Waals surface area contributed by atoms with Crippen LogP contribution in [-0.2, 0) is 19.1 Å². The van der Waals surface area contributed by atoms with Crippen molar-refractivity contribution in [3.63, 3.8) is 0 Å². The highest BCUT2D eigenvalue weighted by Crippen LogP contribution is 2.15. The van der Waals surface area contributed by atoms with Crippen LogP contribution in [0.1, 0.15) is 26.2 Å². The number of aliphatic carboxylic acids is 1. The average molecular weight is 272 g/mol. The topological polar surface area (TPSA) is 105 Å². The van der Waals surface area contributed by atoms with E-state index >= 15 is 0 Å². The summed E-state index contributed by atoms with van der Waals surface area (Å²) in [5.41, 5.74) is 0. The molecule has 2 unspecified atom stereocenters. The number of carbonyl (C=O) groups is 3. The predicted molar refractivity (Wildman–Crippen MR) is 66.4 cm³/mol. The van der Waals surface area contributed by atoms with E-state index in [4.69, 9.17) is 5.11 Å². The van der Waals surface area contributed by atoms with Crippen molar-refractivity contribution in [2.75, 3.05) is 13.7 Å². The van der Waals surface area contributed by atoms with Crippen LogP contribution in [0, 0.1) is 5.92 Å². The van der Waals surface area contributed by atoms with Crippen molar-refractivity contribution >= 4 is 17.8 Å². The molecule has 0 aromatic heterocycles. The highest BCUT2D eigenvalue weighted by Gasteiger charge is 2.32. The molecule has 1 fully saturated rings. The fourth-order valence-electron chi connectivity index (χ4n) is 2.12. The molecule has 0 aromatic rings. The fourth-order valence-corrected chi connectivity index (χ4v) is 2.12. The number of ether oxygens (including phenoxy) is 1. The lowest BCUT2D eigenvalue weighted by Crippen LogP contribution is -2.46. The zero-order valence-corrected chi connectivity index (χ0v) is 11.1. The van der Waals surface area contributed by atoms with Crippen LogP contribution < -0.4 is 10.6 Å². The molecule has 1 rings (SSSR count). The zero-order valence-electron chi connectivity index (χ0n) is 11.1. The van der Waals surface area contributed by atoms with E-state index in [0.29, 0.717) is 6.42 Å². The van der Waals surface area contributed by atoms with Gasteiger partial charge in [0.1, 0.15) is 6.04 Å². The van der Waals surface area contributed by atoms with Crippen LogP contribution in [0.4, 0.5) is 0 Å². The summed E-state index contributed by atoms with van der Waals surface area (Å²) >= 11 is 0. The second-order valence-corrected chi connectivity index (χ2v) is 4.65. The summed E-state index contributed by atoms with van der Waals surface area (Å²) in [6.07, 6.45) is 0.685. The van der Waals surface area contributed by atoms with Gasteiger partial charge in [-0.3, -0.25) is 9.59 Å². The van der Waals surface area contributed by atoms with Crippen LogP contribution in [0.15, 0.2) is 0 Å². The monoisotopic (exact) mass is 272 g/mol. The van der Waals surface area contributed by atoms with Crippen molar-refractivity contribution in [1.82, 2.24) is 10.6 Å². The Kier molecular flexibility index (Phi) is 5.75. The first-order valence-corrected chi connectivity index (χ1v) is 6.29. The molecular formula is C12H20N2O5. The highest BCUT2D eigenvalue weighted by molar-refractivity contribution is 5.86. The molecule has 7 heteroatoms.